The molecule has 1 amide bonds. The van der Waals surface area contributed by atoms with E-state index in [1.165, 1.54) is 0 Å². The summed E-state index contributed by atoms with van der Waals surface area (Å²) in [5.41, 5.74) is 1.06. The molecule has 0 saturated carbocycles. The second-order valence-electron chi connectivity index (χ2n) is 4.91. The molecule has 1 saturated heterocycles. The van der Waals surface area contributed by atoms with Crippen LogP contribution in [0.5, 0.6) is 5.75 Å². The lowest BCUT2D eigenvalue weighted by Crippen LogP contribution is -2.33. The quantitative estimate of drug-likeness (QED) is 0.887. The Bertz CT molecular complexity index is 500. The van der Waals surface area contributed by atoms with Gasteiger partial charge in [-0.3, -0.25) is 9.59 Å². The molecule has 0 aromatic heterocycles. The zero-order valence-corrected chi connectivity index (χ0v) is 11.5. The summed E-state index contributed by atoms with van der Waals surface area (Å²) in [6, 6.07) is 7.62. The number of hydrogen-bond donors (Lipinski definition) is 1. The molecule has 1 aliphatic heterocycles. The van der Waals surface area contributed by atoms with Gasteiger partial charge in [-0.15, -0.1) is 0 Å². The second-order valence-corrected chi connectivity index (χ2v) is 4.91. The summed E-state index contributed by atoms with van der Waals surface area (Å²) in [7, 11) is 0. The predicted octanol–water partition coefficient (Wildman–Crippen LogP) is 1.56. The first-order valence-corrected chi connectivity index (χ1v) is 6.83. The number of aliphatic carboxylic acids is 1. The van der Waals surface area contributed by atoms with E-state index in [4.69, 9.17) is 9.84 Å². The van der Waals surface area contributed by atoms with Gasteiger partial charge in [-0.25, -0.2) is 0 Å². The zero-order chi connectivity index (χ0) is 14.5. The highest BCUT2D eigenvalue weighted by atomic mass is 16.5. The molecule has 1 atom stereocenters. The number of rotatable bonds is 5. The minimum atomic E-state index is -0.836. The van der Waals surface area contributed by atoms with E-state index in [1.54, 1.807) is 4.90 Å². The molecule has 5 nitrogen and oxygen atoms in total. The predicted molar refractivity (Wildman–Crippen MR) is 73.6 cm³/mol. The number of carboxylic acids is 1. The molecule has 20 heavy (non-hydrogen) atoms. The molecule has 0 bridgehead atoms. The molecule has 0 unspecified atom stereocenters. The molecule has 1 N–H and O–H groups in total. The molecule has 1 aliphatic rings. The van der Waals surface area contributed by atoms with Crippen molar-refractivity contribution in [2.24, 2.45) is 5.92 Å². The Balaban J connectivity index is 1.88. The maximum atomic E-state index is 12.0. The highest BCUT2D eigenvalue weighted by Gasteiger charge is 2.30. The number of ether oxygens (including phenoxy) is 1. The third-order valence-electron chi connectivity index (χ3n) is 3.59. The number of nitrogens with zero attached hydrogens (tertiary/aromatic N) is 1. The number of likely N-dealkylation sites (tertiary alicyclic amines) is 1. The van der Waals surface area contributed by atoms with E-state index in [1.807, 2.05) is 31.2 Å². The van der Waals surface area contributed by atoms with Crippen molar-refractivity contribution < 1.29 is 19.4 Å². The van der Waals surface area contributed by atoms with Crippen LogP contribution in [0.3, 0.4) is 0 Å². The maximum Gasteiger partial charge on any atom is 0.308 e. The molecule has 5 heteroatoms. The summed E-state index contributed by atoms with van der Waals surface area (Å²) in [5.74, 6) is -0.712. The van der Waals surface area contributed by atoms with Gasteiger partial charge in [0.1, 0.15) is 5.75 Å². The number of aryl methyl sites for hydroxylation is 1. The van der Waals surface area contributed by atoms with E-state index in [0.29, 0.717) is 13.0 Å². The summed E-state index contributed by atoms with van der Waals surface area (Å²) in [6.45, 7) is 2.77. The fourth-order valence-electron chi connectivity index (χ4n) is 2.36. The Morgan fingerprint density at radius 3 is 2.80 bits per heavy atom. The van der Waals surface area contributed by atoms with Crippen LogP contribution in [0.4, 0.5) is 0 Å². The average molecular weight is 277 g/mol. The van der Waals surface area contributed by atoms with E-state index >= 15 is 0 Å². The number of carboxylic acid groups (broad SMARTS) is 1. The summed E-state index contributed by atoms with van der Waals surface area (Å²) >= 11 is 0. The zero-order valence-electron chi connectivity index (χ0n) is 11.5. The van der Waals surface area contributed by atoms with Crippen molar-refractivity contribution in [3.63, 3.8) is 0 Å². The Morgan fingerprint density at radius 2 is 2.15 bits per heavy atom. The largest absolute Gasteiger partial charge is 0.483 e. The molecule has 1 fully saturated rings. The Labute approximate surface area is 118 Å². The van der Waals surface area contributed by atoms with Crippen LogP contribution >= 0.6 is 0 Å². The first-order chi connectivity index (χ1) is 9.61. The number of benzene rings is 1. The maximum absolute atomic E-state index is 12.0. The average Bonchev–Trinajstić information content (AvgIpc) is 2.95. The van der Waals surface area contributed by atoms with E-state index in [0.717, 1.165) is 17.7 Å². The Morgan fingerprint density at radius 1 is 1.40 bits per heavy atom. The van der Waals surface area contributed by atoms with Crippen LogP contribution in [-0.4, -0.2) is 41.6 Å². The van der Waals surface area contributed by atoms with Crippen LogP contribution in [0.1, 0.15) is 18.9 Å². The van der Waals surface area contributed by atoms with Crippen LogP contribution in [0.15, 0.2) is 24.3 Å². The molecule has 2 rings (SSSR count). The molecular formula is C15H19NO4. The van der Waals surface area contributed by atoms with Crippen molar-refractivity contribution in [3.8, 4) is 5.75 Å². The van der Waals surface area contributed by atoms with Gasteiger partial charge in [-0.05, 0) is 24.5 Å². The van der Waals surface area contributed by atoms with Crippen molar-refractivity contribution in [2.45, 2.75) is 19.8 Å². The topological polar surface area (TPSA) is 66.8 Å². The lowest BCUT2D eigenvalue weighted by molar-refractivity contribution is -0.141. The smallest absolute Gasteiger partial charge is 0.308 e. The number of carbonyl (C=O) groups excluding carboxylic acids is 1. The third kappa shape index (κ3) is 3.29. The summed E-state index contributed by atoms with van der Waals surface area (Å²) in [4.78, 5) is 24.4. The first-order valence-electron chi connectivity index (χ1n) is 6.83. The van der Waals surface area contributed by atoms with Crippen LogP contribution in [0.25, 0.3) is 0 Å². The van der Waals surface area contributed by atoms with Gasteiger partial charge in [0.2, 0.25) is 0 Å². The Kier molecular flexibility index (Phi) is 4.61. The number of amides is 1. The van der Waals surface area contributed by atoms with Crippen molar-refractivity contribution in [2.75, 3.05) is 19.7 Å². The lowest BCUT2D eigenvalue weighted by atomic mass is 10.1. The van der Waals surface area contributed by atoms with Gasteiger partial charge < -0.3 is 14.7 Å². The minimum absolute atomic E-state index is 0.0383. The molecule has 0 radical (unpaired) electrons. The third-order valence-corrected chi connectivity index (χ3v) is 3.59. The van der Waals surface area contributed by atoms with Crippen LogP contribution < -0.4 is 4.74 Å². The first kappa shape index (κ1) is 14.4. The van der Waals surface area contributed by atoms with Gasteiger partial charge in [0.05, 0.1) is 5.92 Å². The van der Waals surface area contributed by atoms with Crippen molar-refractivity contribution in [1.82, 2.24) is 4.90 Å². The Hall–Kier alpha value is -2.04. The summed E-state index contributed by atoms with van der Waals surface area (Å²) in [6.07, 6.45) is 1.36. The highest BCUT2D eigenvalue weighted by molar-refractivity contribution is 5.80. The van der Waals surface area contributed by atoms with Crippen molar-refractivity contribution in [3.05, 3.63) is 29.8 Å². The number of hydrogen-bond acceptors (Lipinski definition) is 3. The molecular weight excluding hydrogens is 258 g/mol. The lowest BCUT2D eigenvalue weighted by Gasteiger charge is -2.17. The van der Waals surface area contributed by atoms with E-state index in [-0.39, 0.29) is 19.1 Å². The van der Waals surface area contributed by atoms with Gasteiger partial charge >= 0.3 is 5.97 Å². The van der Waals surface area contributed by atoms with Gasteiger partial charge in [-0.1, -0.05) is 25.1 Å². The molecule has 1 heterocycles. The molecule has 1 aromatic carbocycles. The number of para-hydroxylation sites is 1. The summed E-state index contributed by atoms with van der Waals surface area (Å²) in [5, 5.41) is 8.92. The number of carbonyl (C=O) groups is 2. The van der Waals surface area contributed by atoms with Crippen molar-refractivity contribution >= 4 is 11.9 Å². The van der Waals surface area contributed by atoms with Gasteiger partial charge in [0.15, 0.2) is 6.61 Å². The van der Waals surface area contributed by atoms with E-state index in [2.05, 4.69) is 0 Å². The molecule has 0 aliphatic carbocycles. The van der Waals surface area contributed by atoms with Crippen LogP contribution in [0, 0.1) is 5.92 Å². The van der Waals surface area contributed by atoms with Gasteiger partial charge in [0.25, 0.3) is 5.91 Å². The van der Waals surface area contributed by atoms with E-state index < -0.39 is 11.9 Å². The fourth-order valence-corrected chi connectivity index (χ4v) is 2.36. The molecule has 108 valence electrons. The minimum Gasteiger partial charge on any atom is -0.483 e. The van der Waals surface area contributed by atoms with E-state index in [9.17, 15) is 9.59 Å². The molecule has 0 spiro atoms. The van der Waals surface area contributed by atoms with Gasteiger partial charge in [-0.2, -0.15) is 0 Å². The van der Waals surface area contributed by atoms with Crippen LogP contribution in [-0.2, 0) is 16.0 Å². The standard InChI is InChI=1S/C15H19NO4/c1-2-11-5-3-4-6-13(11)20-10-14(17)16-8-7-12(9-16)15(18)19/h3-6,12H,2,7-10H2,1H3,(H,18,19)/t12-/m1/s1. The van der Waals surface area contributed by atoms with Crippen LogP contribution in [0.2, 0.25) is 0 Å². The fraction of sp³-hybridized carbons (Fsp3) is 0.467. The normalized spacial score (nSPS) is 18.1. The molecule has 1 aromatic rings. The SMILES string of the molecule is CCc1ccccc1OCC(=O)N1CC[C@@H](C(=O)O)C1. The monoisotopic (exact) mass is 277 g/mol. The van der Waals surface area contributed by atoms with Gasteiger partial charge in [0, 0.05) is 13.1 Å². The van der Waals surface area contributed by atoms with Crippen molar-refractivity contribution in [1.29, 1.82) is 0 Å². The highest BCUT2D eigenvalue weighted by Crippen LogP contribution is 2.20. The summed E-state index contributed by atoms with van der Waals surface area (Å²) < 4.78 is 5.56. The second kappa shape index (κ2) is 6.41.